The van der Waals surface area contributed by atoms with Gasteiger partial charge in [0, 0.05) is 5.92 Å². The van der Waals surface area contributed by atoms with Crippen molar-refractivity contribution in [3.63, 3.8) is 0 Å². The highest BCUT2D eigenvalue weighted by Crippen LogP contribution is 2.62. The highest BCUT2D eigenvalue weighted by molar-refractivity contribution is 8.07. The van der Waals surface area contributed by atoms with Crippen LogP contribution in [-0.4, -0.2) is 99.8 Å². The Labute approximate surface area is 263 Å². The van der Waals surface area contributed by atoms with Gasteiger partial charge in [-0.1, -0.05) is 0 Å². The van der Waals surface area contributed by atoms with Gasteiger partial charge < -0.3 is 49.0 Å². The normalized spacial score (nSPS) is 39.7. The Hall–Kier alpha value is -2.88. The molecule has 7 N–H and O–H groups in total. The zero-order chi connectivity index (χ0) is 32.2. The lowest BCUT2D eigenvalue weighted by molar-refractivity contribution is -0.134. The number of nitrogen functional groups attached to an aromatic ring is 2. The van der Waals surface area contributed by atoms with E-state index >= 15 is 0 Å². The molecule has 4 bridgehead atoms. The molecule has 0 aromatic carbocycles. The number of aliphatic hydroxyl groups excluding tert-OH is 1. The van der Waals surface area contributed by atoms with E-state index in [0.29, 0.717) is 24.0 Å². The fourth-order valence-electron chi connectivity index (χ4n) is 6.59. The average Bonchev–Trinajstić information content (AvgIpc) is 3.80. The van der Waals surface area contributed by atoms with Gasteiger partial charge >= 0.3 is 6.72 Å². The van der Waals surface area contributed by atoms with E-state index in [2.05, 4.69) is 29.9 Å². The third-order valence-electron chi connectivity index (χ3n) is 8.63. The Bertz CT molecular complexity index is 2030. The Morgan fingerprint density at radius 3 is 2.65 bits per heavy atom. The Balaban J connectivity index is 1.14. The number of aromatic amines is 1. The summed E-state index contributed by atoms with van der Waals surface area (Å²) in [7, 11) is 1.60. The van der Waals surface area contributed by atoms with Crippen molar-refractivity contribution in [1.82, 2.24) is 39.0 Å². The van der Waals surface area contributed by atoms with Crippen LogP contribution in [0.4, 0.5) is 11.8 Å². The number of nitrogens with two attached hydrogens (primary N) is 2. The Morgan fingerprint density at radius 2 is 1.85 bits per heavy atom. The van der Waals surface area contributed by atoms with Crippen molar-refractivity contribution in [3.05, 3.63) is 29.3 Å². The summed E-state index contributed by atoms with van der Waals surface area (Å²) in [6.45, 7) is -4.93. The maximum absolute atomic E-state index is 13.7. The maximum Gasteiger partial charge on any atom is 0.325 e. The predicted octanol–water partition coefficient (Wildman–Crippen LogP) is -0.630. The lowest BCUT2D eigenvalue weighted by Crippen LogP contribution is -2.42. The molecule has 4 aliphatic rings. The maximum atomic E-state index is 13.7. The number of nitrogens with zero attached hydrogens (tertiary/aromatic N) is 7. The third kappa shape index (κ3) is 4.83. The monoisotopic (exact) mass is 694 g/mol. The second-order valence-electron chi connectivity index (χ2n) is 11.4. The zero-order valence-electron chi connectivity index (χ0n) is 23.4. The van der Waals surface area contributed by atoms with Crippen LogP contribution in [0.1, 0.15) is 25.3 Å². The van der Waals surface area contributed by atoms with Gasteiger partial charge in [-0.3, -0.25) is 23.5 Å². The Kier molecular flexibility index (Phi) is 6.99. The minimum atomic E-state index is -4.50. The van der Waals surface area contributed by atoms with Gasteiger partial charge in [-0.25, -0.2) is 19.9 Å². The van der Waals surface area contributed by atoms with E-state index in [1.165, 1.54) is 23.5 Å². The predicted molar refractivity (Wildman–Crippen MR) is 159 cm³/mol. The summed E-state index contributed by atoms with van der Waals surface area (Å²) in [4.78, 5) is 46.7. The summed E-state index contributed by atoms with van der Waals surface area (Å²) in [5, 5.41) is 11.2. The molecular formula is C22H25BN10O10P2S. The molecule has 242 valence electrons. The molecule has 1 aliphatic carbocycles. The molecule has 8 rings (SSSR count). The largest absolute Gasteiger partial charge is 0.387 e. The van der Waals surface area contributed by atoms with Crippen molar-refractivity contribution in [3.8, 4) is 0 Å². The van der Waals surface area contributed by atoms with Crippen LogP contribution in [0.25, 0.3) is 22.3 Å². The SMILES string of the molecule is [B]P1(=O)OCC23CCC(C(n4cnc5c(N)ncnc54)O2)C3OP(O)(=S)OCC2OC(n3cnc4c(=O)[nH]c(N)nc43)C(O1)C2O. The molecule has 4 aromatic rings. The molecule has 4 fully saturated rings. The van der Waals surface area contributed by atoms with Crippen LogP contribution in [0, 0.1) is 5.92 Å². The summed E-state index contributed by atoms with van der Waals surface area (Å²) in [5.41, 5.74) is 10.4. The molecule has 7 heterocycles. The zero-order valence-corrected chi connectivity index (χ0v) is 26.0. The van der Waals surface area contributed by atoms with Crippen molar-refractivity contribution < 1.29 is 42.1 Å². The number of hydrogen-bond donors (Lipinski definition) is 5. The molecule has 3 aliphatic heterocycles. The van der Waals surface area contributed by atoms with Gasteiger partial charge in [0.05, 0.1) is 25.9 Å². The first kappa shape index (κ1) is 30.5. The quantitative estimate of drug-likeness (QED) is 0.129. The van der Waals surface area contributed by atoms with Crippen molar-refractivity contribution >= 4 is 67.7 Å². The van der Waals surface area contributed by atoms with E-state index in [4.69, 9.17) is 58.4 Å². The van der Waals surface area contributed by atoms with Gasteiger partial charge in [-0.2, -0.15) is 4.98 Å². The van der Waals surface area contributed by atoms with Crippen LogP contribution in [0.3, 0.4) is 0 Å². The lowest BCUT2D eigenvalue weighted by Gasteiger charge is -2.34. The number of imidazole rings is 2. The second-order valence-corrected chi connectivity index (χ2v) is 15.7. The molecule has 3 saturated heterocycles. The number of fused-ring (bicyclic) bond motifs is 4. The first-order chi connectivity index (χ1) is 21.8. The highest BCUT2D eigenvalue weighted by atomic mass is 32.5. The van der Waals surface area contributed by atoms with E-state index in [1.54, 1.807) is 4.57 Å². The molecule has 46 heavy (non-hydrogen) atoms. The van der Waals surface area contributed by atoms with Crippen molar-refractivity contribution in [2.45, 2.75) is 55.3 Å². The molecule has 24 heteroatoms. The molecule has 2 radical (unpaired) electrons. The number of ether oxygens (including phenoxy) is 2. The first-order valence-electron chi connectivity index (χ1n) is 13.9. The van der Waals surface area contributed by atoms with Crippen LogP contribution >= 0.6 is 14.2 Å². The van der Waals surface area contributed by atoms with Crippen molar-refractivity contribution in [2.75, 3.05) is 24.7 Å². The van der Waals surface area contributed by atoms with E-state index in [1.807, 2.05) is 0 Å². The topological polar surface area (TPSA) is 272 Å². The van der Waals surface area contributed by atoms with Crippen LogP contribution in [0.2, 0.25) is 0 Å². The van der Waals surface area contributed by atoms with Crippen LogP contribution in [-0.2, 0) is 43.9 Å². The van der Waals surface area contributed by atoms with Gasteiger partial charge in [-0.15, -0.1) is 0 Å². The number of aliphatic hydroxyl groups is 1. The minimum absolute atomic E-state index is 0.0127. The average molecular weight is 694 g/mol. The number of hydrogen-bond acceptors (Lipinski definition) is 17. The fraction of sp³-hybridized carbons (Fsp3) is 0.545. The summed E-state index contributed by atoms with van der Waals surface area (Å²) in [6, 6.07) is 0. The fourth-order valence-corrected chi connectivity index (χ4v) is 9.11. The van der Waals surface area contributed by atoms with Gasteiger partial charge in [0.1, 0.15) is 48.1 Å². The Morgan fingerprint density at radius 1 is 1.09 bits per heavy atom. The lowest BCUT2D eigenvalue weighted by atomic mass is 10.0. The van der Waals surface area contributed by atoms with E-state index < -0.39 is 81.4 Å². The smallest absolute Gasteiger partial charge is 0.325 e. The van der Waals surface area contributed by atoms with Crippen LogP contribution < -0.4 is 17.0 Å². The van der Waals surface area contributed by atoms with Gasteiger partial charge in [-0.05, 0) is 24.6 Å². The number of H-pyrrole nitrogens is 1. The molecule has 4 aromatic heterocycles. The van der Waals surface area contributed by atoms with Crippen molar-refractivity contribution in [2.24, 2.45) is 5.92 Å². The van der Waals surface area contributed by atoms with Crippen molar-refractivity contribution in [1.29, 1.82) is 0 Å². The summed E-state index contributed by atoms with van der Waals surface area (Å²) < 4.78 is 52.4. The van der Waals surface area contributed by atoms with Gasteiger partial charge in [0.25, 0.3) is 13.0 Å². The van der Waals surface area contributed by atoms with Gasteiger partial charge in [0.2, 0.25) is 13.5 Å². The van der Waals surface area contributed by atoms with Gasteiger partial charge in [0.15, 0.2) is 28.9 Å². The van der Waals surface area contributed by atoms with Crippen LogP contribution in [0.15, 0.2) is 23.8 Å². The molecule has 10 atom stereocenters. The number of anilines is 2. The van der Waals surface area contributed by atoms with Crippen LogP contribution in [0.5, 0.6) is 0 Å². The number of aromatic nitrogens is 8. The standard InChI is InChI=1S/C22H25BN10O10P2S/c23-44(36)39-4-22-2-1-8(19(41-22)32-6-28-10-15(24)26-5-27-16(10)32)14(22)43-45(37,46)38-3-9-12(34)13(42-44)20(40-9)33-7-29-11-17(33)30-21(25)31-18(11)35/h5-9,12-14,19-20,34H,1-4H2,(H,37,46)(H2,24,26,27)(H3,25,30,31,35). The molecule has 0 amide bonds. The molecule has 0 spiro atoms. The molecule has 1 saturated carbocycles. The molecule has 20 nitrogen and oxygen atoms in total. The summed E-state index contributed by atoms with van der Waals surface area (Å²) >= 11 is 5.39. The molecular weight excluding hydrogens is 669 g/mol. The number of rotatable bonds is 2. The van der Waals surface area contributed by atoms with E-state index in [9.17, 15) is 19.4 Å². The third-order valence-corrected chi connectivity index (χ3v) is 11.2. The summed E-state index contributed by atoms with van der Waals surface area (Å²) in [5.74, 6) is -0.445. The first-order valence-corrected chi connectivity index (χ1v) is 18.1. The highest BCUT2D eigenvalue weighted by Gasteiger charge is 2.64. The summed E-state index contributed by atoms with van der Waals surface area (Å²) in [6.07, 6.45) is -2.30. The van der Waals surface area contributed by atoms with E-state index in [-0.39, 0.29) is 22.9 Å². The molecule has 10 unspecified atom stereocenters. The van der Waals surface area contributed by atoms with E-state index in [0.717, 1.165) is 0 Å². The second kappa shape index (κ2) is 10.6. The number of nitrogens with one attached hydrogen (secondary N) is 1. The minimum Gasteiger partial charge on any atom is -0.387 e.